The molecule has 2 amide bonds. The average Bonchev–Trinajstić information content (AvgIpc) is 3.23. The molecule has 0 aliphatic carbocycles. The monoisotopic (exact) mass is 356 g/mol. The molecular weight excluding hydrogens is 336 g/mol. The molecule has 2 aliphatic rings. The summed E-state index contributed by atoms with van der Waals surface area (Å²) in [5, 5.41) is 7.26. The van der Waals surface area contributed by atoms with Crippen molar-refractivity contribution in [2.45, 2.75) is 39.4 Å². The molecule has 136 valence electrons. The summed E-state index contributed by atoms with van der Waals surface area (Å²) in [6, 6.07) is 6.76. The predicted molar refractivity (Wildman–Crippen MR) is 92.9 cm³/mol. The molecule has 8 heteroatoms. The number of benzene rings is 1. The van der Waals surface area contributed by atoms with E-state index in [1.807, 2.05) is 31.2 Å². The highest BCUT2D eigenvalue weighted by molar-refractivity contribution is 6.00. The molecule has 0 unspecified atom stereocenters. The third-order valence-corrected chi connectivity index (χ3v) is 4.60. The van der Waals surface area contributed by atoms with E-state index in [4.69, 9.17) is 9.47 Å². The summed E-state index contributed by atoms with van der Waals surface area (Å²) in [6.07, 6.45) is 0.341. The normalized spacial score (nSPS) is 16.4. The van der Waals surface area contributed by atoms with E-state index in [0.717, 1.165) is 11.3 Å². The Morgan fingerprint density at radius 2 is 2.12 bits per heavy atom. The second-order valence-electron chi connectivity index (χ2n) is 6.46. The third-order valence-electron chi connectivity index (χ3n) is 4.60. The van der Waals surface area contributed by atoms with Crippen LogP contribution >= 0.6 is 0 Å². The second kappa shape index (κ2) is 6.36. The van der Waals surface area contributed by atoms with E-state index in [9.17, 15) is 9.59 Å². The first-order valence-corrected chi connectivity index (χ1v) is 8.55. The number of hydrogen-bond acceptors (Lipinski definition) is 5. The average molecular weight is 356 g/mol. The topological polar surface area (TPSA) is 85.7 Å². The number of carbonyl (C=O) groups excluding carboxylic acids is 2. The van der Waals surface area contributed by atoms with Crippen molar-refractivity contribution in [2.24, 2.45) is 0 Å². The van der Waals surface area contributed by atoms with Gasteiger partial charge in [-0.25, -0.2) is 4.68 Å². The fraction of sp³-hybridized carbons (Fsp3) is 0.389. The first-order valence-electron chi connectivity index (χ1n) is 8.55. The molecule has 3 heterocycles. The van der Waals surface area contributed by atoms with Crippen LogP contribution < -0.4 is 19.7 Å². The van der Waals surface area contributed by atoms with Crippen LogP contribution in [0.5, 0.6) is 11.5 Å². The van der Waals surface area contributed by atoms with Crippen LogP contribution in [-0.2, 0) is 22.7 Å². The zero-order chi connectivity index (χ0) is 18.3. The van der Waals surface area contributed by atoms with Gasteiger partial charge in [0.1, 0.15) is 11.9 Å². The first kappa shape index (κ1) is 16.4. The number of rotatable bonds is 4. The number of hydrogen-bond donors (Lipinski definition) is 1. The zero-order valence-electron chi connectivity index (χ0n) is 14.7. The van der Waals surface area contributed by atoms with Gasteiger partial charge in [0.15, 0.2) is 11.5 Å². The van der Waals surface area contributed by atoms with Crippen LogP contribution in [-0.4, -0.2) is 34.4 Å². The Balaban J connectivity index is 1.45. The zero-order valence-corrected chi connectivity index (χ0v) is 14.7. The Labute approximate surface area is 150 Å². The highest BCUT2D eigenvalue weighted by atomic mass is 16.7. The van der Waals surface area contributed by atoms with Crippen molar-refractivity contribution < 1.29 is 19.1 Å². The van der Waals surface area contributed by atoms with E-state index in [-0.39, 0.29) is 18.6 Å². The van der Waals surface area contributed by atoms with Crippen molar-refractivity contribution in [2.75, 3.05) is 11.7 Å². The minimum absolute atomic E-state index is 0.0665. The smallest absolute Gasteiger partial charge is 0.243 e. The molecule has 26 heavy (non-hydrogen) atoms. The number of carbonyl (C=O) groups is 2. The first-order chi connectivity index (χ1) is 12.5. The maximum Gasteiger partial charge on any atom is 0.243 e. The number of nitrogens with zero attached hydrogens (tertiary/aromatic N) is 3. The number of ether oxygens (including phenoxy) is 2. The van der Waals surface area contributed by atoms with Crippen LogP contribution in [0.4, 0.5) is 5.82 Å². The van der Waals surface area contributed by atoms with E-state index in [1.165, 1.54) is 4.90 Å². The lowest BCUT2D eigenvalue weighted by Gasteiger charge is -2.31. The number of nitrogens with one attached hydrogen (secondary N) is 1. The summed E-state index contributed by atoms with van der Waals surface area (Å²) in [5.41, 5.74) is 1.73. The highest BCUT2D eigenvalue weighted by Crippen LogP contribution is 2.32. The van der Waals surface area contributed by atoms with Gasteiger partial charge in [0.05, 0.1) is 12.2 Å². The Morgan fingerprint density at radius 3 is 2.96 bits per heavy atom. The van der Waals surface area contributed by atoms with E-state index in [0.29, 0.717) is 36.8 Å². The van der Waals surface area contributed by atoms with Gasteiger partial charge in [-0.1, -0.05) is 6.07 Å². The summed E-state index contributed by atoms with van der Waals surface area (Å²) in [6.45, 7) is 4.71. The van der Waals surface area contributed by atoms with Crippen molar-refractivity contribution in [3.63, 3.8) is 0 Å². The lowest BCUT2D eigenvalue weighted by molar-refractivity contribution is -0.126. The number of anilines is 1. The molecule has 2 aliphatic heterocycles. The molecule has 0 saturated carbocycles. The Bertz CT molecular complexity index is 876. The molecular formula is C18H20N4O4. The van der Waals surface area contributed by atoms with Crippen LogP contribution in [0.25, 0.3) is 0 Å². The van der Waals surface area contributed by atoms with Gasteiger partial charge in [-0.05, 0) is 31.5 Å². The van der Waals surface area contributed by atoms with Crippen molar-refractivity contribution in [1.82, 2.24) is 15.1 Å². The number of aryl methyl sites for hydroxylation is 2. The Hall–Kier alpha value is -3.03. The molecule has 8 nitrogen and oxygen atoms in total. The molecule has 2 aromatic rings. The number of aromatic nitrogens is 2. The Morgan fingerprint density at radius 1 is 1.31 bits per heavy atom. The summed E-state index contributed by atoms with van der Waals surface area (Å²) in [4.78, 5) is 26.5. The molecule has 0 fully saturated rings. The molecule has 0 spiro atoms. The van der Waals surface area contributed by atoms with Gasteiger partial charge in [-0.15, -0.1) is 0 Å². The van der Waals surface area contributed by atoms with E-state index >= 15 is 0 Å². The molecule has 4 rings (SSSR count). The minimum Gasteiger partial charge on any atom is -0.454 e. The molecule has 1 N–H and O–H groups in total. The van der Waals surface area contributed by atoms with Gasteiger partial charge in [0.2, 0.25) is 18.6 Å². The lowest BCUT2D eigenvalue weighted by Crippen LogP contribution is -2.50. The Kier molecular flexibility index (Phi) is 4.02. The summed E-state index contributed by atoms with van der Waals surface area (Å²) in [7, 11) is 0. The predicted octanol–water partition coefficient (Wildman–Crippen LogP) is 1.36. The number of amides is 2. The van der Waals surface area contributed by atoms with Gasteiger partial charge < -0.3 is 14.8 Å². The third kappa shape index (κ3) is 2.87. The maximum absolute atomic E-state index is 12.6. The van der Waals surface area contributed by atoms with Crippen LogP contribution in [0, 0.1) is 6.92 Å². The maximum atomic E-state index is 12.6. The van der Waals surface area contributed by atoms with Gasteiger partial charge in [-0.3, -0.25) is 14.5 Å². The molecule has 0 radical (unpaired) electrons. The summed E-state index contributed by atoms with van der Waals surface area (Å²) in [5.74, 6) is 1.77. The quantitative estimate of drug-likeness (QED) is 0.894. The van der Waals surface area contributed by atoms with Crippen molar-refractivity contribution >= 4 is 17.6 Å². The van der Waals surface area contributed by atoms with E-state index in [1.54, 1.807) is 11.6 Å². The molecule has 0 bridgehead atoms. The fourth-order valence-electron chi connectivity index (χ4n) is 3.26. The summed E-state index contributed by atoms with van der Waals surface area (Å²) >= 11 is 0. The molecule has 1 atom stereocenters. The SMILES string of the molecule is Cc1cc2n(n1)CCC(=O)N2[C@@H](C)C(=O)NCc1ccc2c(c1)OCO2. The minimum atomic E-state index is -0.619. The van der Waals surface area contributed by atoms with Gasteiger partial charge >= 0.3 is 0 Å². The standard InChI is InChI=1S/C18H20N4O4/c1-11-7-16-21(20-11)6-5-17(23)22(16)12(2)18(24)19-9-13-3-4-14-15(8-13)26-10-25-14/h3-4,7-8,12H,5-6,9-10H2,1-2H3,(H,19,24)/t12-/m0/s1. The van der Waals surface area contributed by atoms with Crippen LogP contribution in [0.1, 0.15) is 24.6 Å². The van der Waals surface area contributed by atoms with Crippen molar-refractivity contribution in [3.05, 3.63) is 35.5 Å². The molecule has 0 saturated heterocycles. The number of fused-ring (bicyclic) bond motifs is 2. The van der Waals surface area contributed by atoms with Crippen molar-refractivity contribution in [1.29, 1.82) is 0 Å². The largest absolute Gasteiger partial charge is 0.454 e. The van der Waals surface area contributed by atoms with Gasteiger partial charge in [0.25, 0.3) is 0 Å². The van der Waals surface area contributed by atoms with E-state index < -0.39 is 6.04 Å². The van der Waals surface area contributed by atoms with Crippen LogP contribution in [0.2, 0.25) is 0 Å². The van der Waals surface area contributed by atoms with Crippen LogP contribution in [0.15, 0.2) is 24.3 Å². The van der Waals surface area contributed by atoms with Crippen molar-refractivity contribution in [3.8, 4) is 11.5 Å². The van der Waals surface area contributed by atoms with E-state index in [2.05, 4.69) is 10.4 Å². The molecule has 1 aromatic heterocycles. The molecule has 1 aromatic carbocycles. The second-order valence-corrected chi connectivity index (χ2v) is 6.46. The lowest BCUT2D eigenvalue weighted by atomic mass is 10.1. The highest BCUT2D eigenvalue weighted by Gasteiger charge is 2.33. The summed E-state index contributed by atoms with van der Waals surface area (Å²) < 4.78 is 12.4. The van der Waals surface area contributed by atoms with Gasteiger partial charge in [0, 0.05) is 19.0 Å². The van der Waals surface area contributed by atoms with Crippen LogP contribution in [0.3, 0.4) is 0 Å². The fourth-order valence-corrected chi connectivity index (χ4v) is 3.26. The van der Waals surface area contributed by atoms with Gasteiger partial charge in [-0.2, -0.15) is 5.10 Å².